The summed E-state index contributed by atoms with van der Waals surface area (Å²) in [7, 11) is 0. The van der Waals surface area contributed by atoms with E-state index in [2.05, 4.69) is 21.1 Å². The molecule has 3 heterocycles. The van der Waals surface area contributed by atoms with E-state index >= 15 is 0 Å². The Hall–Kier alpha value is -2.56. The molecule has 134 valence electrons. The third-order valence-electron chi connectivity index (χ3n) is 4.61. The van der Waals surface area contributed by atoms with Gasteiger partial charge in [0.25, 0.3) is 0 Å². The Morgan fingerprint density at radius 3 is 3.15 bits per heavy atom. The van der Waals surface area contributed by atoms with Gasteiger partial charge in [-0.15, -0.1) is 17.8 Å². The van der Waals surface area contributed by atoms with Crippen molar-refractivity contribution in [1.82, 2.24) is 9.88 Å². The second-order valence-electron chi connectivity index (χ2n) is 6.28. The molecule has 0 bridgehead atoms. The molecular formula is C19H19N3O3S. The minimum absolute atomic E-state index is 0.0356. The molecule has 1 aromatic carbocycles. The highest BCUT2D eigenvalue weighted by atomic mass is 32.1. The van der Waals surface area contributed by atoms with Crippen LogP contribution in [0.5, 0.6) is 11.5 Å². The number of ether oxygens (including phenoxy) is 2. The zero-order valence-electron chi connectivity index (χ0n) is 14.2. The number of amides is 1. The third-order valence-corrected chi connectivity index (χ3v) is 5.37. The molecule has 6 nitrogen and oxygen atoms in total. The fourth-order valence-electron chi connectivity index (χ4n) is 3.30. The van der Waals surface area contributed by atoms with Gasteiger partial charge in [-0.05, 0) is 37.6 Å². The number of aromatic nitrogens is 1. The molecule has 1 aromatic heterocycles. The van der Waals surface area contributed by atoms with Gasteiger partial charge in [-0.3, -0.25) is 9.69 Å². The van der Waals surface area contributed by atoms with E-state index in [0.29, 0.717) is 17.4 Å². The smallest absolute Gasteiger partial charge is 0.243 e. The summed E-state index contributed by atoms with van der Waals surface area (Å²) in [5.41, 5.74) is 1.73. The van der Waals surface area contributed by atoms with Crippen LogP contribution in [0.3, 0.4) is 0 Å². The van der Waals surface area contributed by atoms with Crippen LogP contribution >= 0.6 is 11.3 Å². The largest absolute Gasteiger partial charge is 0.454 e. The van der Waals surface area contributed by atoms with Crippen LogP contribution in [0.4, 0.5) is 5.13 Å². The van der Waals surface area contributed by atoms with Crippen molar-refractivity contribution in [1.29, 1.82) is 0 Å². The molecule has 2 aromatic rings. The molecule has 1 fully saturated rings. The number of likely N-dealkylation sites (tertiary alicyclic amines) is 1. The third kappa shape index (κ3) is 3.39. The highest BCUT2D eigenvalue weighted by Crippen LogP contribution is 2.36. The van der Waals surface area contributed by atoms with Gasteiger partial charge in [0.15, 0.2) is 16.6 Å². The number of thiazole rings is 1. The van der Waals surface area contributed by atoms with Crippen molar-refractivity contribution in [2.45, 2.75) is 25.3 Å². The summed E-state index contributed by atoms with van der Waals surface area (Å²) in [6.07, 6.45) is 8.38. The zero-order valence-corrected chi connectivity index (χ0v) is 15.1. The minimum atomic E-state index is -0.183. The van der Waals surface area contributed by atoms with Gasteiger partial charge in [-0.1, -0.05) is 12.3 Å². The molecule has 1 atom stereocenters. The molecule has 1 amide bonds. The Labute approximate surface area is 156 Å². The number of terminal acetylenes is 1. The molecule has 0 aliphatic carbocycles. The average molecular weight is 369 g/mol. The molecule has 2 aliphatic heterocycles. The van der Waals surface area contributed by atoms with E-state index in [4.69, 9.17) is 15.9 Å². The molecule has 0 spiro atoms. The predicted octanol–water partition coefficient (Wildman–Crippen LogP) is 2.97. The summed E-state index contributed by atoms with van der Waals surface area (Å²) in [6.45, 7) is 1.60. The fourth-order valence-corrected chi connectivity index (χ4v) is 4.03. The summed E-state index contributed by atoms with van der Waals surface area (Å²) in [5, 5.41) is 5.46. The quantitative estimate of drug-likeness (QED) is 0.840. The zero-order chi connectivity index (χ0) is 17.9. The van der Waals surface area contributed by atoms with Crippen molar-refractivity contribution in [3.8, 4) is 35.1 Å². The van der Waals surface area contributed by atoms with Gasteiger partial charge in [0.1, 0.15) is 0 Å². The summed E-state index contributed by atoms with van der Waals surface area (Å²) in [5.74, 6) is 4.06. The summed E-state index contributed by atoms with van der Waals surface area (Å²) < 4.78 is 10.7. The maximum atomic E-state index is 12.7. The number of piperidine rings is 1. The standard InChI is InChI=1S/C19H19N3O3S/c1-2-8-22-9-4-3-5-15(22)18(23)21-19-20-14(11-26-19)13-6-7-16-17(10-13)25-12-24-16/h1,6-7,10-11,15H,3-5,8-9,12H2,(H,20,21,23). The molecule has 4 rings (SSSR count). The molecule has 7 heteroatoms. The van der Waals surface area contributed by atoms with Crippen molar-refractivity contribution < 1.29 is 14.3 Å². The first-order valence-electron chi connectivity index (χ1n) is 8.58. The molecule has 0 radical (unpaired) electrons. The number of fused-ring (bicyclic) bond motifs is 1. The van der Waals surface area contributed by atoms with Crippen molar-refractivity contribution in [2.24, 2.45) is 0 Å². The van der Waals surface area contributed by atoms with Crippen LogP contribution in [-0.4, -0.2) is 41.7 Å². The second kappa shape index (κ2) is 7.36. The van der Waals surface area contributed by atoms with Crippen LogP contribution in [0, 0.1) is 12.3 Å². The first kappa shape index (κ1) is 16.9. The van der Waals surface area contributed by atoms with Crippen LogP contribution in [0.25, 0.3) is 11.3 Å². The van der Waals surface area contributed by atoms with Gasteiger partial charge in [0, 0.05) is 10.9 Å². The van der Waals surface area contributed by atoms with E-state index < -0.39 is 0 Å². The molecule has 1 N–H and O–H groups in total. The van der Waals surface area contributed by atoms with Crippen molar-refractivity contribution in [3.63, 3.8) is 0 Å². The number of benzene rings is 1. The number of nitrogens with one attached hydrogen (secondary N) is 1. The van der Waals surface area contributed by atoms with E-state index in [1.807, 2.05) is 23.6 Å². The molecule has 2 aliphatic rings. The number of carbonyl (C=O) groups excluding carboxylic acids is 1. The lowest BCUT2D eigenvalue weighted by molar-refractivity contribution is -0.122. The average Bonchev–Trinajstić information content (AvgIpc) is 3.31. The van der Waals surface area contributed by atoms with Gasteiger partial charge in [-0.25, -0.2) is 4.98 Å². The number of anilines is 1. The van der Waals surface area contributed by atoms with Crippen LogP contribution in [0.15, 0.2) is 23.6 Å². The van der Waals surface area contributed by atoms with Gasteiger partial charge in [-0.2, -0.15) is 0 Å². The van der Waals surface area contributed by atoms with Crippen LogP contribution < -0.4 is 14.8 Å². The van der Waals surface area contributed by atoms with E-state index in [9.17, 15) is 4.79 Å². The maximum Gasteiger partial charge on any atom is 0.243 e. The Morgan fingerprint density at radius 2 is 2.27 bits per heavy atom. The number of rotatable bonds is 4. The van der Waals surface area contributed by atoms with E-state index in [0.717, 1.165) is 42.8 Å². The second-order valence-corrected chi connectivity index (χ2v) is 7.14. The first-order valence-corrected chi connectivity index (χ1v) is 9.46. The molecule has 0 saturated carbocycles. The molecule has 1 unspecified atom stereocenters. The van der Waals surface area contributed by atoms with E-state index in [1.165, 1.54) is 11.3 Å². The fraction of sp³-hybridized carbons (Fsp3) is 0.368. The lowest BCUT2D eigenvalue weighted by Gasteiger charge is -2.32. The molecule has 1 saturated heterocycles. The Morgan fingerprint density at radius 1 is 1.38 bits per heavy atom. The van der Waals surface area contributed by atoms with Gasteiger partial charge in [0.05, 0.1) is 18.3 Å². The van der Waals surface area contributed by atoms with Crippen LogP contribution in [0.2, 0.25) is 0 Å². The minimum Gasteiger partial charge on any atom is -0.454 e. The lowest BCUT2D eigenvalue weighted by Crippen LogP contribution is -2.47. The topological polar surface area (TPSA) is 63.7 Å². The van der Waals surface area contributed by atoms with Gasteiger partial charge < -0.3 is 14.8 Å². The monoisotopic (exact) mass is 369 g/mol. The molecule has 26 heavy (non-hydrogen) atoms. The number of nitrogens with zero attached hydrogens (tertiary/aromatic N) is 2. The van der Waals surface area contributed by atoms with Crippen molar-refractivity contribution in [2.75, 3.05) is 25.2 Å². The van der Waals surface area contributed by atoms with Crippen LogP contribution in [-0.2, 0) is 4.79 Å². The lowest BCUT2D eigenvalue weighted by atomic mass is 10.0. The number of hydrogen-bond donors (Lipinski definition) is 1. The highest BCUT2D eigenvalue weighted by Gasteiger charge is 2.28. The van der Waals surface area contributed by atoms with Crippen LogP contribution in [0.1, 0.15) is 19.3 Å². The predicted molar refractivity (Wildman–Crippen MR) is 100 cm³/mol. The van der Waals surface area contributed by atoms with E-state index in [-0.39, 0.29) is 18.7 Å². The van der Waals surface area contributed by atoms with Crippen molar-refractivity contribution in [3.05, 3.63) is 23.6 Å². The Bertz CT molecular complexity index is 858. The Kier molecular flexibility index (Phi) is 4.78. The SMILES string of the molecule is C#CCN1CCCCC1C(=O)Nc1nc(-c2ccc3c(c2)OCO3)cs1. The highest BCUT2D eigenvalue weighted by molar-refractivity contribution is 7.14. The maximum absolute atomic E-state index is 12.7. The molecular weight excluding hydrogens is 350 g/mol. The summed E-state index contributed by atoms with van der Waals surface area (Å²) in [4.78, 5) is 19.3. The normalized spacial score (nSPS) is 19.1. The number of carbonyl (C=O) groups is 1. The first-order chi connectivity index (χ1) is 12.7. The van der Waals surface area contributed by atoms with Gasteiger partial charge in [0.2, 0.25) is 12.7 Å². The van der Waals surface area contributed by atoms with E-state index in [1.54, 1.807) is 0 Å². The summed E-state index contributed by atoms with van der Waals surface area (Å²) >= 11 is 1.41. The number of hydrogen-bond acceptors (Lipinski definition) is 6. The van der Waals surface area contributed by atoms with Crippen molar-refractivity contribution >= 4 is 22.4 Å². The Balaban J connectivity index is 1.46. The van der Waals surface area contributed by atoms with Gasteiger partial charge >= 0.3 is 0 Å². The summed E-state index contributed by atoms with van der Waals surface area (Å²) in [6, 6.07) is 5.52.